The van der Waals surface area contributed by atoms with Crippen LogP contribution in [0.2, 0.25) is 5.02 Å². The number of aryl methyl sites for hydroxylation is 4. The van der Waals surface area contributed by atoms with Gasteiger partial charge in [-0.25, -0.2) is 0 Å². The van der Waals surface area contributed by atoms with Gasteiger partial charge in [0.15, 0.2) is 0 Å². The van der Waals surface area contributed by atoms with Gasteiger partial charge in [0.05, 0.1) is 16.4 Å². The van der Waals surface area contributed by atoms with E-state index in [0.29, 0.717) is 0 Å². The highest BCUT2D eigenvalue weighted by atomic mass is 35.5. The quantitative estimate of drug-likeness (QED) is 0.913. The van der Waals surface area contributed by atoms with Crippen molar-refractivity contribution in [2.75, 3.05) is 6.54 Å². The van der Waals surface area contributed by atoms with E-state index < -0.39 is 0 Å². The molecule has 2 rings (SSSR count). The molecule has 1 unspecified atom stereocenters. The number of hydrogen-bond acceptors (Lipinski definition) is 3. The maximum Gasteiger partial charge on any atom is 0.106 e. The molecule has 0 aliphatic carbocycles. The molecule has 5 heteroatoms. The number of nitrogens with zero attached hydrogens (tertiary/aromatic N) is 2. The molecule has 0 saturated heterocycles. The second kappa shape index (κ2) is 6.24. The fraction of sp³-hybridized carbons (Fsp3) is 0.562. The van der Waals surface area contributed by atoms with Gasteiger partial charge in [-0.2, -0.15) is 5.10 Å². The summed E-state index contributed by atoms with van der Waals surface area (Å²) in [6.45, 7) is 11.1. The first kappa shape index (κ1) is 16.1. The molecule has 0 aliphatic heterocycles. The van der Waals surface area contributed by atoms with Crippen LogP contribution in [0, 0.1) is 27.7 Å². The van der Waals surface area contributed by atoms with E-state index in [4.69, 9.17) is 16.0 Å². The summed E-state index contributed by atoms with van der Waals surface area (Å²) in [5.41, 5.74) is 4.39. The van der Waals surface area contributed by atoms with E-state index in [1.165, 1.54) is 11.1 Å². The fourth-order valence-corrected chi connectivity index (χ4v) is 3.18. The minimum Gasteiger partial charge on any atom is -0.466 e. The third-order valence-electron chi connectivity index (χ3n) is 4.08. The average Bonchev–Trinajstić information content (AvgIpc) is 2.80. The van der Waals surface area contributed by atoms with Crippen molar-refractivity contribution in [3.63, 3.8) is 0 Å². The van der Waals surface area contributed by atoms with Crippen molar-refractivity contribution in [2.24, 2.45) is 7.05 Å². The number of rotatable bonds is 5. The maximum absolute atomic E-state index is 6.40. The lowest BCUT2D eigenvalue weighted by Gasteiger charge is -2.19. The summed E-state index contributed by atoms with van der Waals surface area (Å²) in [5, 5.41) is 8.71. The van der Waals surface area contributed by atoms with Gasteiger partial charge in [0.25, 0.3) is 0 Å². The fourth-order valence-electron chi connectivity index (χ4n) is 2.94. The zero-order valence-corrected chi connectivity index (χ0v) is 14.4. The van der Waals surface area contributed by atoms with Gasteiger partial charge >= 0.3 is 0 Å². The molecule has 0 saturated carbocycles. The van der Waals surface area contributed by atoms with E-state index in [1.807, 2.05) is 32.5 Å². The first-order chi connectivity index (χ1) is 9.86. The van der Waals surface area contributed by atoms with Gasteiger partial charge in [-0.3, -0.25) is 4.68 Å². The zero-order valence-electron chi connectivity index (χ0n) is 13.7. The van der Waals surface area contributed by atoms with Crippen LogP contribution in [0.5, 0.6) is 0 Å². The molecule has 0 radical (unpaired) electrons. The van der Waals surface area contributed by atoms with Crippen LogP contribution in [0.3, 0.4) is 0 Å². The molecule has 1 N–H and O–H groups in total. The Hall–Kier alpha value is -1.26. The highest BCUT2D eigenvalue weighted by Crippen LogP contribution is 2.31. The first-order valence-electron chi connectivity index (χ1n) is 7.34. The lowest BCUT2D eigenvalue weighted by Crippen LogP contribution is -2.25. The summed E-state index contributed by atoms with van der Waals surface area (Å²) in [4.78, 5) is 0. The smallest absolute Gasteiger partial charge is 0.106 e. The van der Waals surface area contributed by atoms with Crippen LogP contribution in [-0.4, -0.2) is 16.3 Å². The van der Waals surface area contributed by atoms with Crippen molar-refractivity contribution in [1.29, 1.82) is 0 Å². The summed E-state index contributed by atoms with van der Waals surface area (Å²) in [6, 6.07) is 0.180. The summed E-state index contributed by atoms with van der Waals surface area (Å²) < 4.78 is 7.66. The first-order valence-corrected chi connectivity index (χ1v) is 7.72. The highest BCUT2D eigenvalue weighted by Gasteiger charge is 2.23. The normalized spacial score (nSPS) is 12.9. The van der Waals surface area contributed by atoms with Gasteiger partial charge in [0.1, 0.15) is 11.5 Å². The lowest BCUT2D eigenvalue weighted by molar-refractivity contribution is 0.480. The Balaban J connectivity index is 2.40. The Labute approximate surface area is 131 Å². The topological polar surface area (TPSA) is 43.0 Å². The lowest BCUT2D eigenvalue weighted by atomic mass is 9.97. The van der Waals surface area contributed by atoms with Gasteiger partial charge in [0.2, 0.25) is 0 Å². The molecule has 116 valence electrons. The van der Waals surface area contributed by atoms with E-state index >= 15 is 0 Å². The molecule has 2 heterocycles. The highest BCUT2D eigenvalue weighted by molar-refractivity contribution is 6.31. The second-order valence-electron chi connectivity index (χ2n) is 5.54. The monoisotopic (exact) mass is 309 g/mol. The second-order valence-corrected chi connectivity index (χ2v) is 5.92. The van der Waals surface area contributed by atoms with Crippen molar-refractivity contribution in [2.45, 2.75) is 47.1 Å². The van der Waals surface area contributed by atoms with E-state index in [0.717, 1.165) is 40.9 Å². The molecule has 2 aromatic heterocycles. The molecule has 0 bridgehead atoms. The van der Waals surface area contributed by atoms with Gasteiger partial charge in [0, 0.05) is 25.1 Å². The Morgan fingerprint density at radius 1 is 1.24 bits per heavy atom. The number of hydrogen-bond donors (Lipinski definition) is 1. The summed E-state index contributed by atoms with van der Waals surface area (Å²) >= 11 is 6.40. The molecule has 4 nitrogen and oxygen atoms in total. The largest absolute Gasteiger partial charge is 0.466 e. The van der Waals surface area contributed by atoms with Crippen molar-refractivity contribution in [3.05, 3.63) is 39.1 Å². The van der Waals surface area contributed by atoms with E-state index in [2.05, 4.69) is 24.3 Å². The van der Waals surface area contributed by atoms with Gasteiger partial charge < -0.3 is 9.73 Å². The Morgan fingerprint density at radius 3 is 2.33 bits per heavy atom. The third kappa shape index (κ3) is 3.01. The predicted molar refractivity (Wildman–Crippen MR) is 86.0 cm³/mol. The van der Waals surface area contributed by atoms with Gasteiger partial charge in [-0.15, -0.1) is 0 Å². The number of nitrogens with one attached hydrogen (secondary N) is 1. The summed E-state index contributed by atoms with van der Waals surface area (Å²) in [6.07, 6.45) is 0.796. The SMILES string of the molecule is CCNC(Cc1c(Cl)c(C)nn1C)c1c(C)oc(C)c1C. The molecule has 0 amide bonds. The summed E-state index contributed by atoms with van der Waals surface area (Å²) in [5.74, 6) is 1.96. The molecule has 0 aliphatic rings. The number of aromatic nitrogens is 2. The molecular weight excluding hydrogens is 286 g/mol. The number of halogens is 1. The van der Waals surface area contributed by atoms with Crippen LogP contribution in [0.4, 0.5) is 0 Å². The van der Waals surface area contributed by atoms with Crippen LogP contribution >= 0.6 is 11.6 Å². The predicted octanol–water partition coefficient (Wildman–Crippen LogP) is 3.79. The Morgan fingerprint density at radius 2 is 1.90 bits per heavy atom. The van der Waals surface area contributed by atoms with Gasteiger partial charge in [-0.05, 0) is 39.8 Å². The van der Waals surface area contributed by atoms with Crippen LogP contribution in [-0.2, 0) is 13.5 Å². The molecular formula is C16H24ClN3O. The molecule has 0 fully saturated rings. The third-order valence-corrected chi connectivity index (χ3v) is 4.57. The standard InChI is InChI=1S/C16H24ClN3O/c1-7-18-13(15-9(2)11(4)21-12(15)5)8-14-16(17)10(3)19-20(14)6/h13,18H,7-8H2,1-6H3. The molecule has 1 atom stereocenters. The van der Waals surface area contributed by atoms with Gasteiger partial charge in [-0.1, -0.05) is 18.5 Å². The van der Waals surface area contributed by atoms with Crippen LogP contribution < -0.4 is 5.32 Å². The molecule has 0 spiro atoms. The van der Waals surface area contributed by atoms with Crippen molar-refractivity contribution in [1.82, 2.24) is 15.1 Å². The zero-order chi connectivity index (χ0) is 15.7. The maximum atomic E-state index is 6.40. The van der Waals surface area contributed by atoms with Crippen molar-refractivity contribution in [3.8, 4) is 0 Å². The molecule has 2 aromatic rings. The van der Waals surface area contributed by atoms with Crippen LogP contribution in [0.1, 0.15) is 47.0 Å². The minimum absolute atomic E-state index is 0.180. The van der Waals surface area contributed by atoms with Crippen molar-refractivity contribution >= 4 is 11.6 Å². The summed E-state index contributed by atoms with van der Waals surface area (Å²) in [7, 11) is 1.94. The Kier molecular flexibility index (Phi) is 4.79. The van der Waals surface area contributed by atoms with Crippen LogP contribution in [0.15, 0.2) is 4.42 Å². The van der Waals surface area contributed by atoms with E-state index in [9.17, 15) is 0 Å². The van der Waals surface area contributed by atoms with Crippen LogP contribution in [0.25, 0.3) is 0 Å². The average molecular weight is 310 g/mol. The van der Waals surface area contributed by atoms with E-state index in [-0.39, 0.29) is 6.04 Å². The Bertz CT molecular complexity index is 642. The molecule has 0 aromatic carbocycles. The van der Waals surface area contributed by atoms with Crippen molar-refractivity contribution < 1.29 is 4.42 Å². The van der Waals surface area contributed by atoms with E-state index in [1.54, 1.807) is 0 Å². The number of likely N-dealkylation sites (N-methyl/N-ethyl adjacent to an activating group) is 1. The minimum atomic E-state index is 0.180. The molecule has 21 heavy (non-hydrogen) atoms. The number of furan rings is 1.